The Bertz CT molecular complexity index is 634. The lowest BCUT2D eigenvalue weighted by Crippen LogP contribution is -2.08. The van der Waals surface area contributed by atoms with Crippen LogP contribution in [0.5, 0.6) is 0 Å². The van der Waals surface area contributed by atoms with E-state index in [9.17, 15) is 4.79 Å². The maximum atomic E-state index is 11.8. The van der Waals surface area contributed by atoms with Crippen LogP contribution in [0.25, 0.3) is 0 Å². The van der Waals surface area contributed by atoms with E-state index in [1.165, 1.54) is 11.8 Å². The molecule has 0 aliphatic heterocycles. The van der Waals surface area contributed by atoms with E-state index >= 15 is 0 Å². The number of aromatic nitrogens is 1. The first-order chi connectivity index (χ1) is 9.63. The highest BCUT2D eigenvalue weighted by atomic mass is 79.9. The minimum Gasteiger partial charge on any atom is -0.462 e. The number of pyridine rings is 1. The molecule has 0 amide bonds. The Morgan fingerprint density at radius 1 is 1.40 bits per heavy atom. The highest BCUT2D eigenvalue weighted by Crippen LogP contribution is 2.36. The van der Waals surface area contributed by atoms with Gasteiger partial charge < -0.3 is 10.5 Å². The molecular formula is C14H13BrN2O2S. The van der Waals surface area contributed by atoms with Gasteiger partial charge in [-0.15, -0.1) is 0 Å². The lowest BCUT2D eigenvalue weighted by molar-refractivity contribution is 0.0527. The number of hydrogen-bond donors (Lipinski definition) is 1. The highest BCUT2D eigenvalue weighted by molar-refractivity contribution is 9.10. The van der Waals surface area contributed by atoms with Gasteiger partial charge in [-0.1, -0.05) is 17.8 Å². The van der Waals surface area contributed by atoms with E-state index in [0.717, 1.165) is 14.4 Å². The smallest absolute Gasteiger partial charge is 0.340 e. The lowest BCUT2D eigenvalue weighted by atomic mass is 10.2. The molecule has 0 saturated heterocycles. The molecule has 0 atom stereocenters. The van der Waals surface area contributed by atoms with Crippen molar-refractivity contribution in [3.05, 3.63) is 46.6 Å². The van der Waals surface area contributed by atoms with Crippen LogP contribution in [-0.2, 0) is 4.74 Å². The summed E-state index contributed by atoms with van der Waals surface area (Å²) in [7, 11) is 0. The fraction of sp³-hybridized carbons (Fsp3) is 0.143. The van der Waals surface area contributed by atoms with E-state index in [1.807, 2.05) is 18.2 Å². The van der Waals surface area contributed by atoms with Gasteiger partial charge in [0.2, 0.25) is 0 Å². The molecule has 20 heavy (non-hydrogen) atoms. The molecule has 104 valence electrons. The summed E-state index contributed by atoms with van der Waals surface area (Å²) >= 11 is 4.83. The lowest BCUT2D eigenvalue weighted by Gasteiger charge is -2.10. The van der Waals surface area contributed by atoms with E-state index in [2.05, 4.69) is 20.9 Å². The minimum absolute atomic E-state index is 0.321. The molecule has 2 N–H and O–H groups in total. The SMILES string of the molecule is CCOC(=O)c1cccc(Sc2ncccc2Br)c1N. The fourth-order valence-electron chi connectivity index (χ4n) is 1.57. The molecule has 6 heteroatoms. The highest BCUT2D eigenvalue weighted by Gasteiger charge is 2.15. The molecule has 0 aliphatic rings. The van der Waals surface area contributed by atoms with Gasteiger partial charge in [0.25, 0.3) is 0 Å². The number of anilines is 1. The van der Waals surface area contributed by atoms with Crippen molar-refractivity contribution in [3.8, 4) is 0 Å². The van der Waals surface area contributed by atoms with Crippen molar-refractivity contribution >= 4 is 39.3 Å². The van der Waals surface area contributed by atoms with E-state index in [4.69, 9.17) is 10.5 Å². The summed E-state index contributed by atoms with van der Waals surface area (Å²) < 4.78 is 5.87. The Morgan fingerprint density at radius 2 is 2.20 bits per heavy atom. The van der Waals surface area contributed by atoms with Crippen molar-refractivity contribution in [2.75, 3.05) is 12.3 Å². The predicted octanol–water partition coefficient (Wildman–Crippen LogP) is 3.75. The molecule has 0 spiro atoms. The van der Waals surface area contributed by atoms with Crippen molar-refractivity contribution in [1.82, 2.24) is 4.98 Å². The number of esters is 1. The zero-order chi connectivity index (χ0) is 14.5. The minimum atomic E-state index is -0.410. The van der Waals surface area contributed by atoms with Gasteiger partial charge in [0.1, 0.15) is 5.03 Å². The maximum absolute atomic E-state index is 11.8. The van der Waals surface area contributed by atoms with Crippen LogP contribution in [0.1, 0.15) is 17.3 Å². The number of para-hydroxylation sites is 1. The number of nitrogen functional groups attached to an aromatic ring is 1. The summed E-state index contributed by atoms with van der Waals surface area (Å²) in [4.78, 5) is 16.8. The molecule has 4 nitrogen and oxygen atoms in total. The van der Waals surface area contributed by atoms with Gasteiger partial charge in [-0.2, -0.15) is 0 Å². The van der Waals surface area contributed by atoms with E-state index in [1.54, 1.807) is 25.3 Å². The van der Waals surface area contributed by atoms with Crippen LogP contribution in [0.2, 0.25) is 0 Å². The van der Waals surface area contributed by atoms with Gasteiger partial charge in [-0.05, 0) is 47.1 Å². The van der Waals surface area contributed by atoms with Crippen LogP contribution < -0.4 is 5.73 Å². The van der Waals surface area contributed by atoms with E-state index < -0.39 is 5.97 Å². The molecule has 1 aromatic carbocycles. The molecule has 0 saturated carbocycles. The Morgan fingerprint density at radius 3 is 2.90 bits per heavy atom. The second-order valence-corrected chi connectivity index (χ2v) is 5.72. The Labute approximate surface area is 129 Å². The first kappa shape index (κ1) is 14.9. The average Bonchev–Trinajstić information content (AvgIpc) is 2.43. The Balaban J connectivity index is 2.32. The largest absolute Gasteiger partial charge is 0.462 e. The fourth-order valence-corrected chi connectivity index (χ4v) is 2.92. The van der Waals surface area contributed by atoms with Crippen LogP contribution >= 0.6 is 27.7 Å². The number of carbonyl (C=O) groups excluding carboxylic acids is 1. The second-order valence-electron chi connectivity index (χ2n) is 3.83. The second kappa shape index (κ2) is 6.76. The molecule has 0 radical (unpaired) electrons. The molecule has 0 aliphatic carbocycles. The zero-order valence-corrected chi connectivity index (χ0v) is 13.2. The predicted molar refractivity (Wildman–Crippen MR) is 82.9 cm³/mol. The summed E-state index contributed by atoms with van der Waals surface area (Å²) in [5.41, 5.74) is 6.84. The number of nitrogens with two attached hydrogens (primary N) is 1. The molecule has 2 rings (SSSR count). The van der Waals surface area contributed by atoms with Crippen LogP contribution in [0.3, 0.4) is 0 Å². The third-order valence-electron chi connectivity index (χ3n) is 2.49. The number of hydrogen-bond acceptors (Lipinski definition) is 5. The van der Waals surface area contributed by atoms with E-state index in [0.29, 0.717) is 17.9 Å². The first-order valence-electron chi connectivity index (χ1n) is 5.97. The number of nitrogens with zero attached hydrogens (tertiary/aromatic N) is 1. The zero-order valence-electron chi connectivity index (χ0n) is 10.8. The number of halogens is 1. The van der Waals surface area contributed by atoms with Crippen molar-refractivity contribution in [2.45, 2.75) is 16.8 Å². The number of benzene rings is 1. The van der Waals surface area contributed by atoms with E-state index in [-0.39, 0.29) is 0 Å². The molecule has 1 heterocycles. The van der Waals surface area contributed by atoms with Gasteiger partial charge in [-0.3, -0.25) is 0 Å². The third kappa shape index (κ3) is 3.32. The van der Waals surface area contributed by atoms with Crippen LogP contribution in [0.4, 0.5) is 5.69 Å². The third-order valence-corrected chi connectivity index (χ3v) is 4.49. The Kier molecular flexibility index (Phi) is 5.03. The van der Waals surface area contributed by atoms with Crippen molar-refractivity contribution in [2.24, 2.45) is 0 Å². The van der Waals surface area contributed by atoms with Crippen LogP contribution in [0, 0.1) is 0 Å². The summed E-state index contributed by atoms with van der Waals surface area (Å²) in [6.45, 7) is 2.08. The molecule has 0 bridgehead atoms. The maximum Gasteiger partial charge on any atom is 0.340 e. The molecule has 1 aromatic heterocycles. The van der Waals surface area contributed by atoms with Crippen molar-refractivity contribution in [1.29, 1.82) is 0 Å². The van der Waals surface area contributed by atoms with Crippen molar-refractivity contribution < 1.29 is 9.53 Å². The summed E-state index contributed by atoms with van der Waals surface area (Å²) in [5.74, 6) is -0.410. The van der Waals surface area contributed by atoms with Crippen LogP contribution in [-0.4, -0.2) is 17.6 Å². The summed E-state index contributed by atoms with van der Waals surface area (Å²) in [6, 6.07) is 9.03. The summed E-state index contributed by atoms with van der Waals surface area (Å²) in [6.07, 6.45) is 1.71. The molecular weight excluding hydrogens is 340 g/mol. The molecule has 2 aromatic rings. The quantitative estimate of drug-likeness (QED) is 0.670. The molecule has 0 unspecified atom stereocenters. The van der Waals surface area contributed by atoms with Gasteiger partial charge in [0.15, 0.2) is 0 Å². The first-order valence-corrected chi connectivity index (χ1v) is 7.58. The van der Waals surface area contributed by atoms with Gasteiger partial charge in [0.05, 0.1) is 22.3 Å². The standard InChI is InChI=1S/C14H13BrN2O2S/c1-2-19-14(18)9-5-3-7-11(12(9)16)20-13-10(15)6-4-8-17-13/h3-8H,2,16H2,1H3. The number of rotatable bonds is 4. The topological polar surface area (TPSA) is 65.2 Å². The summed E-state index contributed by atoms with van der Waals surface area (Å²) in [5, 5.41) is 0.792. The molecule has 0 fully saturated rings. The van der Waals surface area contributed by atoms with Gasteiger partial charge in [0, 0.05) is 11.1 Å². The number of ether oxygens (including phenoxy) is 1. The normalized spacial score (nSPS) is 10.3. The monoisotopic (exact) mass is 352 g/mol. The van der Waals surface area contributed by atoms with Gasteiger partial charge >= 0.3 is 5.97 Å². The number of carbonyl (C=O) groups is 1. The van der Waals surface area contributed by atoms with Crippen molar-refractivity contribution in [3.63, 3.8) is 0 Å². The van der Waals surface area contributed by atoms with Gasteiger partial charge in [-0.25, -0.2) is 9.78 Å². The van der Waals surface area contributed by atoms with Crippen LogP contribution in [0.15, 0.2) is 50.9 Å². The average molecular weight is 353 g/mol. The Hall–Kier alpha value is -1.53.